The summed E-state index contributed by atoms with van der Waals surface area (Å²) in [6.45, 7) is 1.45. The molecule has 0 saturated heterocycles. The lowest BCUT2D eigenvalue weighted by Gasteiger charge is -2.06. The average molecular weight is 220 g/mol. The van der Waals surface area contributed by atoms with Crippen LogP contribution in [0.3, 0.4) is 0 Å². The first kappa shape index (κ1) is 10.7. The fourth-order valence-corrected chi connectivity index (χ4v) is 1.80. The summed E-state index contributed by atoms with van der Waals surface area (Å²) in [5.41, 5.74) is 0.656. The van der Waals surface area contributed by atoms with Crippen LogP contribution in [0.1, 0.15) is 12.5 Å². The molecule has 0 amide bonds. The number of carbonyl (C=O) groups is 1. The van der Waals surface area contributed by atoms with Gasteiger partial charge in [0.2, 0.25) is 0 Å². The zero-order valence-corrected chi connectivity index (χ0v) is 8.76. The van der Waals surface area contributed by atoms with Crippen LogP contribution < -0.4 is 0 Å². The van der Waals surface area contributed by atoms with E-state index >= 15 is 0 Å². The van der Waals surface area contributed by atoms with Gasteiger partial charge in [-0.15, -0.1) is 0 Å². The Balaban J connectivity index is 2.74. The van der Waals surface area contributed by atoms with E-state index < -0.39 is 11.6 Å². The summed E-state index contributed by atoms with van der Waals surface area (Å²) in [7, 11) is 0. The molecule has 0 aromatic heterocycles. The molecule has 82 valence electrons. The quantitative estimate of drug-likeness (QED) is 0.759. The Morgan fingerprint density at radius 2 is 1.81 bits per heavy atom. The normalized spacial score (nSPS) is 10.7. The number of fused-ring (bicyclic) bond motifs is 1. The number of carbonyl (C=O) groups excluding carboxylic acids is 1. The van der Waals surface area contributed by atoms with Crippen molar-refractivity contribution in [1.29, 1.82) is 0 Å². The molecule has 0 heterocycles. The number of ketones is 1. The van der Waals surface area contributed by atoms with Crippen LogP contribution in [0.2, 0.25) is 0 Å². The second kappa shape index (κ2) is 4.00. The summed E-state index contributed by atoms with van der Waals surface area (Å²) in [5.74, 6) is -1.22. The smallest absolute Gasteiger partial charge is 0.134 e. The lowest BCUT2D eigenvalue weighted by Crippen LogP contribution is -1.98. The lowest BCUT2D eigenvalue weighted by atomic mass is 10.00. The molecule has 0 aliphatic rings. The van der Waals surface area contributed by atoms with E-state index in [9.17, 15) is 13.6 Å². The van der Waals surface area contributed by atoms with E-state index in [4.69, 9.17) is 0 Å². The SMILES string of the molecule is CC(=O)Cc1ccc(F)c2c(F)cccc12. The minimum absolute atomic E-state index is 0.0304. The Bertz CT molecular complexity index is 553. The van der Waals surface area contributed by atoms with Crippen LogP contribution in [0.15, 0.2) is 30.3 Å². The van der Waals surface area contributed by atoms with Crippen molar-refractivity contribution in [2.24, 2.45) is 0 Å². The van der Waals surface area contributed by atoms with Crippen LogP contribution in [0.4, 0.5) is 8.78 Å². The molecule has 2 aromatic carbocycles. The third-order valence-corrected chi connectivity index (χ3v) is 2.47. The van der Waals surface area contributed by atoms with E-state index in [2.05, 4.69) is 0 Å². The predicted molar refractivity (Wildman–Crippen MR) is 58.2 cm³/mol. The first-order chi connectivity index (χ1) is 7.59. The van der Waals surface area contributed by atoms with Gasteiger partial charge in [-0.25, -0.2) is 8.78 Å². The molecule has 0 unspecified atom stereocenters. The molecule has 0 atom stereocenters. The van der Waals surface area contributed by atoms with Gasteiger partial charge in [-0.1, -0.05) is 18.2 Å². The maximum absolute atomic E-state index is 13.4. The molecule has 16 heavy (non-hydrogen) atoms. The molecule has 0 fully saturated rings. The van der Waals surface area contributed by atoms with Gasteiger partial charge < -0.3 is 0 Å². The van der Waals surface area contributed by atoms with Crippen LogP contribution in [-0.2, 0) is 11.2 Å². The van der Waals surface area contributed by atoms with E-state index in [0.29, 0.717) is 10.9 Å². The van der Waals surface area contributed by atoms with Crippen molar-refractivity contribution in [2.45, 2.75) is 13.3 Å². The van der Waals surface area contributed by atoms with Gasteiger partial charge in [0.05, 0.1) is 5.39 Å². The molecule has 0 bridgehead atoms. The Morgan fingerprint density at radius 1 is 1.12 bits per heavy atom. The van der Waals surface area contributed by atoms with Crippen molar-refractivity contribution in [3.63, 3.8) is 0 Å². The number of rotatable bonds is 2. The summed E-state index contributed by atoms with van der Waals surface area (Å²) in [5, 5.41) is 0.427. The van der Waals surface area contributed by atoms with Gasteiger partial charge in [0.15, 0.2) is 0 Å². The van der Waals surface area contributed by atoms with Crippen LogP contribution in [0.5, 0.6) is 0 Å². The standard InChI is InChI=1S/C13H10F2O/c1-8(16)7-9-5-6-12(15)13-10(9)3-2-4-11(13)14/h2-6H,7H2,1H3. The summed E-state index contributed by atoms with van der Waals surface area (Å²) >= 11 is 0. The third kappa shape index (κ3) is 1.81. The number of hydrogen-bond acceptors (Lipinski definition) is 1. The molecule has 0 aliphatic heterocycles. The van der Waals surface area contributed by atoms with E-state index in [1.165, 1.54) is 31.2 Å². The first-order valence-corrected chi connectivity index (χ1v) is 4.94. The summed E-state index contributed by atoms with van der Waals surface area (Å²) in [4.78, 5) is 11.0. The minimum Gasteiger partial charge on any atom is -0.300 e. The fraction of sp³-hybridized carbons (Fsp3) is 0.154. The Kier molecular flexibility index (Phi) is 2.69. The second-order valence-electron chi connectivity index (χ2n) is 3.75. The highest BCUT2D eigenvalue weighted by molar-refractivity contribution is 5.90. The van der Waals surface area contributed by atoms with Gasteiger partial charge >= 0.3 is 0 Å². The Hall–Kier alpha value is -1.77. The summed E-state index contributed by atoms with van der Waals surface area (Å²) < 4.78 is 26.9. The van der Waals surface area contributed by atoms with Gasteiger partial charge in [-0.2, -0.15) is 0 Å². The number of Topliss-reactive ketones (excluding diaryl/α,β-unsaturated/α-hetero) is 1. The molecular formula is C13H10F2O. The van der Waals surface area contributed by atoms with E-state index in [1.807, 2.05) is 0 Å². The largest absolute Gasteiger partial charge is 0.300 e. The second-order valence-corrected chi connectivity index (χ2v) is 3.75. The van der Waals surface area contributed by atoms with Crippen molar-refractivity contribution >= 4 is 16.6 Å². The molecule has 3 heteroatoms. The van der Waals surface area contributed by atoms with Gasteiger partial charge in [-0.05, 0) is 30.0 Å². The molecule has 0 saturated carbocycles. The van der Waals surface area contributed by atoms with Crippen molar-refractivity contribution in [2.75, 3.05) is 0 Å². The molecule has 0 aliphatic carbocycles. The molecule has 0 N–H and O–H groups in total. The maximum atomic E-state index is 13.4. The Morgan fingerprint density at radius 3 is 2.50 bits per heavy atom. The van der Waals surface area contributed by atoms with E-state index in [1.54, 1.807) is 6.07 Å². The molecular weight excluding hydrogens is 210 g/mol. The van der Waals surface area contributed by atoms with Crippen molar-refractivity contribution in [3.8, 4) is 0 Å². The molecule has 0 spiro atoms. The monoisotopic (exact) mass is 220 g/mol. The third-order valence-electron chi connectivity index (χ3n) is 2.47. The molecule has 2 aromatic rings. The first-order valence-electron chi connectivity index (χ1n) is 4.94. The predicted octanol–water partition coefficient (Wildman–Crippen LogP) is 3.25. The summed E-state index contributed by atoms with van der Waals surface area (Å²) in [6.07, 6.45) is 0.195. The highest BCUT2D eigenvalue weighted by atomic mass is 19.1. The molecule has 1 nitrogen and oxygen atoms in total. The Labute approximate surface area is 91.7 Å². The summed E-state index contributed by atoms with van der Waals surface area (Å²) in [6, 6.07) is 7.08. The van der Waals surface area contributed by atoms with Gasteiger partial charge in [0.25, 0.3) is 0 Å². The number of halogens is 2. The zero-order valence-electron chi connectivity index (χ0n) is 8.76. The molecule has 2 rings (SSSR count). The van der Waals surface area contributed by atoms with Gasteiger partial charge in [-0.3, -0.25) is 4.79 Å². The zero-order chi connectivity index (χ0) is 11.7. The highest BCUT2D eigenvalue weighted by Crippen LogP contribution is 2.25. The average Bonchev–Trinajstić information content (AvgIpc) is 2.22. The van der Waals surface area contributed by atoms with Crippen LogP contribution in [0.25, 0.3) is 10.8 Å². The number of hydrogen-bond donors (Lipinski definition) is 0. The van der Waals surface area contributed by atoms with Crippen molar-refractivity contribution < 1.29 is 13.6 Å². The van der Waals surface area contributed by atoms with Crippen molar-refractivity contribution in [1.82, 2.24) is 0 Å². The number of benzene rings is 2. The van der Waals surface area contributed by atoms with Gasteiger partial charge in [0, 0.05) is 6.42 Å². The van der Waals surface area contributed by atoms with Crippen LogP contribution in [0, 0.1) is 11.6 Å². The molecule has 0 radical (unpaired) electrons. The van der Waals surface area contributed by atoms with Gasteiger partial charge in [0.1, 0.15) is 17.4 Å². The van der Waals surface area contributed by atoms with Crippen LogP contribution in [-0.4, -0.2) is 5.78 Å². The van der Waals surface area contributed by atoms with E-state index in [0.717, 1.165) is 0 Å². The maximum Gasteiger partial charge on any atom is 0.134 e. The topological polar surface area (TPSA) is 17.1 Å². The minimum atomic E-state index is -0.597. The highest BCUT2D eigenvalue weighted by Gasteiger charge is 2.10. The van der Waals surface area contributed by atoms with E-state index in [-0.39, 0.29) is 17.6 Å². The lowest BCUT2D eigenvalue weighted by molar-refractivity contribution is -0.116. The van der Waals surface area contributed by atoms with Crippen molar-refractivity contribution in [3.05, 3.63) is 47.5 Å². The fourth-order valence-electron chi connectivity index (χ4n) is 1.80. The van der Waals surface area contributed by atoms with Crippen LogP contribution >= 0.6 is 0 Å².